The average molecular weight is 375 g/mol. The molecule has 0 bridgehead atoms. The molecule has 2 heterocycles. The van der Waals surface area contributed by atoms with Crippen LogP contribution in [0.2, 0.25) is 0 Å². The summed E-state index contributed by atoms with van der Waals surface area (Å²) in [4.78, 5) is 60.2. The lowest BCUT2D eigenvalue weighted by Gasteiger charge is -2.27. The SMILES string of the molecule is NC(=O)OCCCOc1cccc2c1C(=O)N(C1CCC(=O)NC1=O)C2=O. The molecule has 0 spiro atoms. The normalized spacial score (nSPS) is 19.0. The lowest BCUT2D eigenvalue weighted by Crippen LogP contribution is -2.54. The number of nitrogens with zero attached hydrogens (tertiary/aromatic N) is 1. The molecule has 1 aromatic rings. The quantitative estimate of drug-likeness (QED) is 0.524. The summed E-state index contributed by atoms with van der Waals surface area (Å²) >= 11 is 0. The van der Waals surface area contributed by atoms with Gasteiger partial charge in [0.15, 0.2) is 0 Å². The van der Waals surface area contributed by atoms with Gasteiger partial charge in [-0.25, -0.2) is 4.79 Å². The second-order valence-electron chi connectivity index (χ2n) is 6.00. The molecule has 3 rings (SSSR count). The number of amides is 5. The number of ether oxygens (including phenoxy) is 2. The number of rotatable bonds is 6. The molecular weight excluding hydrogens is 358 g/mol. The summed E-state index contributed by atoms with van der Waals surface area (Å²) in [5.41, 5.74) is 5.06. The van der Waals surface area contributed by atoms with E-state index in [0.717, 1.165) is 4.90 Å². The van der Waals surface area contributed by atoms with E-state index in [1.54, 1.807) is 6.07 Å². The molecule has 1 aromatic carbocycles. The van der Waals surface area contributed by atoms with E-state index in [2.05, 4.69) is 10.1 Å². The third-order valence-corrected chi connectivity index (χ3v) is 4.22. The smallest absolute Gasteiger partial charge is 0.404 e. The Hall–Kier alpha value is -3.43. The van der Waals surface area contributed by atoms with Crippen molar-refractivity contribution in [1.82, 2.24) is 10.2 Å². The third-order valence-electron chi connectivity index (χ3n) is 4.22. The maximum atomic E-state index is 12.8. The summed E-state index contributed by atoms with van der Waals surface area (Å²) in [6, 6.07) is 3.54. The Kier molecular flexibility index (Phi) is 5.06. The van der Waals surface area contributed by atoms with Gasteiger partial charge in [0.05, 0.1) is 24.3 Å². The molecule has 2 aliphatic rings. The van der Waals surface area contributed by atoms with Gasteiger partial charge < -0.3 is 15.2 Å². The predicted molar refractivity (Wildman–Crippen MR) is 88.8 cm³/mol. The van der Waals surface area contributed by atoms with Gasteiger partial charge in [-0.15, -0.1) is 0 Å². The molecule has 1 atom stereocenters. The van der Waals surface area contributed by atoms with Gasteiger partial charge in [-0.3, -0.25) is 29.4 Å². The highest BCUT2D eigenvalue weighted by Gasteiger charge is 2.45. The molecule has 3 N–H and O–H groups in total. The highest BCUT2D eigenvalue weighted by molar-refractivity contribution is 6.24. The fraction of sp³-hybridized carbons (Fsp3) is 0.353. The zero-order chi connectivity index (χ0) is 19.6. The molecule has 5 amide bonds. The minimum atomic E-state index is -1.04. The lowest BCUT2D eigenvalue weighted by molar-refractivity contribution is -0.136. The minimum Gasteiger partial charge on any atom is -0.493 e. The van der Waals surface area contributed by atoms with Crippen LogP contribution in [0.1, 0.15) is 40.0 Å². The number of hydrogen-bond donors (Lipinski definition) is 2. The first-order valence-electron chi connectivity index (χ1n) is 8.29. The first-order chi connectivity index (χ1) is 12.9. The van der Waals surface area contributed by atoms with Crippen LogP contribution in [-0.4, -0.2) is 53.9 Å². The van der Waals surface area contributed by atoms with Crippen LogP contribution in [0, 0.1) is 0 Å². The number of nitrogens with one attached hydrogen (secondary N) is 1. The Morgan fingerprint density at radius 3 is 2.67 bits per heavy atom. The molecule has 1 unspecified atom stereocenters. The van der Waals surface area contributed by atoms with E-state index in [9.17, 15) is 24.0 Å². The maximum absolute atomic E-state index is 12.8. The van der Waals surface area contributed by atoms with Crippen molar-refractivity contribution >= 4 is 29.7 Å². The number of benzene rings is 1. The van der Waals surface area contributed by atoms with Gasteiger partial charge in [-0.1, -0.05) is 6.07 Å². The molecule has 27 heavy (non-hydrogen) atoms. The van der Waals surface area contributed by atoms with Crippen molar-refractivity contribution in [1.29, 1.82) is 0 Å². The summed E-state index contributed by atoms with van der Waals surface area (Å²) < 4.78 is 10.1. The molecule has 142 valence electrons. The number of nitrogens with two attached hydrogens (primary N) is 1. The molecule has 10 heteroatoms. The second kappa shape index (κ2) is 7.44. The topological polar surface area (TPSA) is 145 Å². The van der Waals surface area contributed by atoms with E-state index in [-0.39, 0.29) is 42.9 Å². The summed E-state index contributed by atoms with van der Waals surface area (Å²) in [5.74, 6) is -2.16. The van der Waals surface area contributed by atoms with Crippen LogP contribution in [-0.2, 0) is 14.3 Å². The maximum Gasteiger partial charge on any atom is 0.404 e. The van der Waals surface area contributed by atoms with Crippen LogP contribution < -0.4 is 15.8 Å². The van der Waals surface area contributed by atoms with Crippen molar-refractivity contribution in [2.45, 2.75) is 25.3 Å². The molecule has 0 radical (unpaired) electrons. The third kappa shape index (κ3) is 3.59. The Labute approximate surface area is 153 Å². The molecule has 0 aliphatic carbocycles. The van der Waals surface area contributed by atoms with Crippen molar-refractivity contribution in [3.8, 4) is 5.75 Å². The summed E-state index contributed by atoms with van der Waals surface area (Å²) in [5, 5.41) is 2.14. The van der Waals surface area contributed by atoms with Gasteiger partial charge in [0.2, 0.25) is 11.8 Å². The number of hydrogen-bond acceptors (Lipinski definition) is 7. The Morgan fingerprint density at radius 1 is 1.19 bits per heavy atom. The van der Waals surface area contributed by atoms with E-state index in [4.69, 9.17) is 10.5 Å². The second-order valence-corrected chi connectivity index (χ2v) is 6.00. The van der Waals surface area contributed by atoms with Crippen molar-refractivity contribution in [3.05, 3.63) is 29.3 Å². The fourth-order valence-electron chi connectivity index (χ4n) is 3.02. The number of carbonyl (C=O) groups excluding carboxylic acids is 5. The molecule has 1 fully saturated rings. The van der Waals surface area contributed by atoms with Gasteiger partial charge >= 0.3 is 6.09 Å². The van der Waals surface area contributed by atoms with Gasteiger partial charge in [-0.05, 0) is 18.6 Å². The molecular formula is C17H17N3O7. The van der Waals surface area contributed by atoms with Crippen LogP contribution in [0.4, 0.5) is 4.79 Å². The number of imide groups is 2. The van der Waals surface area contributed by atoms with Crippen LogP contribution in [0.5, 0.6) is 5.75 Å². The van der Waals surface area contributed by atoms with Gasteiger partial charge in [0.25, 0.3) is 11.8 Å². The van der Waals surface area contributed by atoms with Crippen molar-refractivity contribution in [3.63, 3.8) is 0 Å². The molecule has 10 nitrogen and oxygen atoms in total. The Morgan fingerprint density at radius 2 is 1.96 bits per heavy atom. The fourth-order valence-corrected chi connectivity index (χ4v) is 3.02. The number of fused-ring (bicyclic) bond motifs is 1. The highest BCUT2D eigenvalue weighted by atomic mass is 16.5. The van der Waals surface area contributed by atoms with Crippen LogP contribution in [0.3, 0.4) is 0 Å². The largest absolute Gasteiger partial charge is 0.493 e. The average Bonchev–Trinajstić information content (AvgIpc) is 2.87. The van der Waals surface area contributed by atoms with Crippen LogP contribution in [0.25, 0.3) is 0 Å². The highest BCUT2D eigenvalue weighted by Crippen LogP contribution is 2.33. The van der Waals surface area contributed by atoms with Crippen LogP contribution in [0.15, 0.2) is 18.2 Å². The van der Waals surface area contributed by atoms with Gasteiger partial charge in [-0.2, -0.15) is 0 Å². The Balaban J connectivity index is 1.75. The number of carbonyl (C=O) groups is 5. The molecule has 0 aromatic heterocycles. The summed E-state index contributed by atoms with van der Waals surface area (Å²) in [7, 11) is 0. The molecule has 1 saturated heterocycles. The van der Waals surface area contributed by atoms with Crippen molar-refractivity contribution in [2.24, 2.45) is 5.73 Å². The number of piperidine rings is 1. The van der Waals surface area contributed by atoms with E-state index in [0.29, 0.717) is 6.42 Å². The monoisotopic (exact) mass is 375 g/mol. The minimum absolute atomic E-state index is 0.0486. The van der Waals surface area contributed by atoms with E-state index >= 15 is 0 Å². The Bertz CT molecular complexity index is 836. The predicted octanol–water partition coefficient (Wildman–Crippen LogP) is -0.0480. The lowest BCUT2D eigenvalue weighted by atomic mass is 10.0. The summed E-state index contributed by atoms with van der Waals surface area (Å²) in [6.45, 7) is 0.184. The molecule has 2 aliphatic heterocycles. The standard InChI is InChI=1S/C17H17N3O7/c18-17(25)27-8-2-7-26-11-4-1-3-9-13(11)16(24)20(15(9)23)10-5-6-12(21)19-14(10)22/h1,3-4,10H,2,5-8H2,(H2,18,25)(H,19,21,22). The zero-order valence-corrected chi connectivity index (χ0v) is 14.2. The van der Waals surface area contributed by atoms with Crippen molar-refractivity contribution in [2.75, 3.05) is 13.2 Å². The van der Waals surface area contributed by atoms with E-state index < -0.39 is 35.8 Å². The van der Waals surface area contributed by atoms with E-state index in [1.807, 2.05) is 0 Å². The zero-order valence-electron chi connectivity index (χ0n) is 14.2. The number of primary amides is 1. The van der Waals surface area contributed by atoms with Crippen molar-refractivity contribution < 1.29 is 33.4 Å². The molecule has 0 saturated carbocycles. The first-order valence-corrected chi connectivity index (χ1v) is 8.29. The van der Waals surface area contributed by atoms with Crippen LogP contribution >= 0.6 is 0 Å². The van der Waals surface area contributed by atoms with Gasteiger partial charge in [0, 0.05) is 12.8 Å². The van der Waals surface area contributed by atoms with E-state index in [1.165, 1.54) is 12.1 Å². The summed E-state index contributed by atoms with van der Waals surface area (Å²) in [6.07, 6.45) is -0.425. The first kappa shape index (κ1) is 18.4. The van der Waals surface area contributed by atoms with Gasteiger partial charge in [0.1, 0.15) is 11.8 Å².